The molecule has 3 rings (SSSR count). The Labute approximate surface area is 171 Å². The minimum Gasteiger partial charge on any atom is -0.339 e. The van der Waals surface area contributed by atoms with Crippen molar-refractivity contribution in [3.8, 4) is 0 Å². The second kappa shape index (κ2) is 9.12. The van der Waals surface area contributed by atoms with Gasteiger partial charge in [0.25, 0.3) is 23.2 Å². The molecule has 10 nitrogen and oxygen atoms in total. The van der Waals surface area contributed by atoms with E-state index in [4.69, 9.17) is 0 Å². The third kappa shape index (κ3) is 4.96. The van der Waals surface area contributed by atoms with Gasteiger partial charge >= 0.3 is 0 Å². The predicted octanol–water partition coefficient (Wildman–Crippen LogP) is 3.77. The Balaban J connectivity index is 1.73. The van der Waals surface area contributed by atoms with Crippen molar-refractivity contribution in [2.45, 2.75) is 25.7 Å². The molecule has 2 amide bonds. The highest BCUT2D eigenvalue weighted by molar-refractivity contribution is 6.05. The van der Waals surface area contributed by atoms with Crippen molar-refractivity contribution >= 4 is 28.9 Å². The van der Waals surface area contributed by atoms with Gasteiger partial charge in [-0.15, -0.1) is 0 Å². The van der Waals surface area contributed by atoms with Crippen molar-refractivity contribution in [3.05, 3.63) is 73.8 Å². The molecule has 0 atom stereocenters. The summed E-state index contributed by atoms with van der Waals surface area (Å²) < 4.78 is 0. The van der Waals surface area contributed by atoms with Crippen LogP contribution in [0.25, 0.3) is 0 Å². The second-order valence-corrected chi connectivity index (χ2v) is 6.99. The number of rotatable bonds is 5. The summed E-state index contributed by atoms with van der Waals surface area (Å²) in [4.78, 5) is 47.2. The second-order valence-electron chi connectivity index (χ2n) is 6.99. The van der Waals surface area contributed by atoms with Gasteiger partial charge in [0.05, 0.1) is 21.5 Å². The van der Waals surface area contributed by atoms with E-state index in [1.807, 2.05) is 4.90 Å². The lowest BCUT2D eigenvalue weighted by atomic mass is 10.1. The third-order valence-electron chi connectivity index (χ3n) is 4.87. The van der Waals surface area contributed by atoms with Crippen LogP contribution in [-0.4, -0.2) is 39.7 Å². The Morgan fingerprint density at radius 2 is 1.33 bits per heavy atom. The molecule has 1 heterocycles. The average Bonchev–Trinajstić information content (AvgIpc) is 3.03. The zero-order chi connectivity index (χ0) is 21.7. The van der Waals surface area contributed by atoms with Crippen LogP contribution in [0.2, 0.25) is 0 Å². The SMILES string of the molecule is O=C(Nc1ccc(C(=O)N2CCCCCC2)cc1)c1cc([N+](=O)[O-])cc([N+](=O)[O-])c1. The van der Waals surface area contributed by atoms with Gasteiger partial charge in [-0.1, -0.05) is 12.8 Å². The number of non-ortho nitro benzene ring substituents is 2. The van der Waals surface area contributed by atoms with Gasteiger partial charge in [0.1, 0.15) is 0 Å². The first-order valence-corrected chi connectivity index (χ1v) is 9.50. The summed E-state index contributed by atoms with van der Waals surface area (Å²) >= 11 is 0. The van der Waals surface area contributed by atoms with Crippen molar-refractivity contribution in [1.82, 2.24) is 4.90 Å². The van der Waals surface area contributed by atoms with Crippen molar-refractivity contribution in [2.24, 2.45) is 0 Å². The number of nitro benzene ring substituents is 2. The summed E-state index contributed by atoms with van der Waals surface area (Å²) in [5.41, 5.74) is -0.441. The Morgan fingerprint density at radius 3 is 1.83 bits per heavy atom. The molecule has 10 heteroatoms. The Kier molecular flexibility index (Phi) is 6.35. The van der Waals surface area contributed by atoms with Crippen LogP contribution in [0.5, 0.6) is 0 Å². The Morgan fingerprint density at radius 1 is 0.800 bits per heavy atom. The highest BCUT2D eigenvalue weighted by atomic mass is 16.6. The normalized spacial score (nSPS) is 13.9. The lowest BCUT2D eigenvalue weighted by Crippen LogP contribution is -2.31. The van der Waals surface area contributed by atoms with E-state index < -0.39 is 27.1 Å². The Bertz CT molecular complexity index is 949. The Hall–Kier alpha value is -3.82. The largest absolute Gasteiger partial charge is 0.339 e. The number of amides is 2. The summed E-state index contributed by atoms with van der Waals surface area (Å²) in [6.45, 7) is 1.45. The molecule has 1 fully saturated rings. The number of anilines is 1. The van der Waals surface area contributed by atoms with Gasteiger partial charge in [0.2, 0.25) is 0 Å². The van der Waals surface area contributed by atoms with Crippen LogP contribution in [0.1, 0.15) is 46.4 Å². The van der Waals surface area contributed by atoms with Gasteiger partial charge in [-0.05, 0) is 37.1 Å². The minimum atomic E-state index is -0.799. The number of hydrogen-bond donors (Lipinski definition) is 1. The van der Waals surface area contributed by atoms with E-state index in [1.54, 1.807) is 24.3 Å². The monoisotopic (exact) mass is 412 g/mol. The lowest BCUT2D eigenvalue weighted by molar-refractivity contribution is -0.394. The summed E-state index contributed by atoms with van der Waals surface area (Å²) in [7, 11) is 0. The summed E-state index contributed by atoms with van der Waals surface area (Å²) in [5.74, 6) is -0.794. The van der Waals surface area contributed by atoms with E-state index in [9.17, 15) is 29.8 Å². The topological polar surface area (TPSA) is 136 Å². The van der Waals surface area contributed by atoms with Gasteiger partial charge in [0, 0.05) is 36.5 Å². The number of nitrogens with one attached hydrogen (secondary N) is 1. The van der Waals surface area contributed by atoms with Crippen LogP contribution in [0.4, 0.5) is 17.1 Å². The molecule has 0 saturated carbocycles. The van der Waals surface area contributed by atoms with E-state index in [-0.39, 0.29) is 11.5 Å². The molecule has 0 spiro atoms. The molecule has 2 aromatic rings. The highest BCUT2D eigenvalue weighted by Gasteiger charge is 2.21. The molecule has 1 saturated heterocycles. The fourth-order valence-electron chi connectivity index (χ4n) is 3.29. The minimum absolute atomic E-state index is 0.0657. The first-order valence-electron chi connectivity index (χ1n) is 9.50. The molecule has 1 N–H and O–H groups in total. The van der Waals surface area contributed by atoms with Crippen molar-refractivity contribution < 1.29 is 19.4 Å². The van der Waals surface area contributed by atoms with Gasteiger partial charge < -0.3 is 10.2 Å². The van der Waals surface area contributed by atoms with Crippen LogP contribution in [-0.2, 0) is 0 Å². The average molecular weight is 412 g/mol. The number of carbonyl (C=O) groups excluding carboxylic acids is 2. The number of nitrogens with zero attached hydrogens (tertiary/aromatic N) is 3. The number of likely N-dealkylation sites (tertiary alicyclic amines) is 1. The molecule has 0 unspecified atom stereocenters. The molecule has 0 bridgehead atoms. The van der Waals surface area contributed by atoms with Crippen LogP contribution >= 0.6 is 0 Å². The van der Waals surface area contributed by atoms with Crippen LogP contribution in [0, 0.1) is 20.2 Å². The lowest BCUT2D eigenvalue weighted by Gasteiger charge is -2.20. The maximum absolute atomic E-state index is 12.6. The quantitative estimate of drug-likeness (QED) is 0.586. The maximum atomic E-state index is 12.6. The maximum Gasteiger partial charge on any atom is 0.277 e. The highest BCUT2D eigenvalue weighted by Crippen LogP contribution is 2.24. The summed E-state index contributed by atoms with van der Waals surface area (Å²) in [5, 5.41) is 24.5. The molecule has 30 heavy (non-hydrogen) atoms. The zero-order valence-electron chi connectivity index (χ0n) is 16.1. The predicted molar refractivity (Wildman–Crippen MR) is 109 cm³/mol. The van der Waals surface area contributed by atoms with Gasteiger partial charge in [-0.25, -0.2) is 0 Å². The third-order valence-corrected chi connectivity index (χ3v) is 4.87. The van der Waals surface area contributed by atoms with Crippen molar-refractivity contribution in [3.63, 3.8) is 0 Å². The molecule has 0 aromatic heterocycles. The van der Waals surface area contributed by atoms with Gasteiger partial charge in [-0.3, -0.25) is 29.8 Å². The molecule has 1 aliphatic heterocycles. The molecule has 0 aliphatic carbocycles. The van der Waals surface area contributed by atoms with Gasteiger partial charge in [-0.2, -0.15) is 0 Å². The molecule has 1 aliphatic rings. The van der Waals surface area contributed by atoms with E-state index in [0.29, 0.717) is 11.3 Å². The summed E-state index contributed by atoms with van der Waals surface area (Å²) in [6, 6.07) is 9.03. The van der Waals surface area contributed by atoms with E-state index in [0.717, 1.165) is 57.0 Å². The zero-order valence-corrected chi connectivity index (χ0v) is 16.1. The van der Waals surface area contributed by atoms with E-state index >= 15 is 0 Å². The van der Waals surface area contributed by atoms with Crippen LogP contribution < -0.4 is 5.32 Å². The number of nitro groups is 2. The fourth-order valence-corrected chi connectivity index (χ4v) is 3.29. The van der Waals surface area contributed by atoms with Gasteiger partial charge in [0.15, 0.2) is 0 Å². The fraction of sp³-hybridized carbons (Fsp3) is 0.300. The smallest absolute Gasteiger partial charge is 0.277 e. The molecule has 156 valence electrons. The van der Waals surface area contributed by atoms with Crippen molar-refractivity contribution in [1.29, 1.82) is 0 Å². The molecule has 2 aromatic carbocycles. The number of carbonyl (C=O) groups is 2. The number of hydrogen-bond acceptors (Lipinski definition) is 6. The first-order chi connectivity index (χ1) is 14.3. The van der Waals surface area contributed by atoms with Crippen LogP contribution in [0.15, 0.2) is 42.5 Å². The first kappa shape index (κ1) is 20.9. The van der Waals surface area contributed by atoms with Crippen molar-refractivity contribution in [2.75, 3.05) is 18.4 Å². The van der Waals surface area contributed by atoms with E-state index in [2.05, 4.69) is 5.32 Å². The van der Waals surface area contributed by atoms with Crippen LogP contribution in [0.3, 0.4) is 0 Å². The molecular weight excluding hydrogens is 392 g/mol. The molecular formula is C20H20N4O6. The number of benzene rings is 2. The molecule has 0 radical (unpaired) electrons. The summed E-state index contributed by atoms with van der Waals surface area (Å²) in [6.07, 6.45) is 4.19. The van der Waals surface area contributed by atoms with E-state index in [1.165, 1.54) is 0 Å². The standard InChI is InChI=1S/C20H20N4O6/c25-19(15-11-17(23(27)28)13-18(12-15)24(29)30)21-16-7-5-14(6-8-16)20(26)22-9-3-1-2-4-10-22/h5-8,11-13H,1-4,9-10H2,(H,21,25).